The first-order chi connectivity index (χ1) is 10.1. The molecular weight excluding hydrogens is 280 g/mol. The summed E-state index contributed by atoms with van der Waals surface area (Å²) in [6.45, 7) is 3.74. The molecule has 21 heavy (non-hydrogen) atoms. The molecular formula is C14H21F2N3O2. The number of hydrogen-bond donors (Lipinski definition) is 1. The second-order valence-corrected chi connectivity index (χ2v) is 5.22. The van der Waals surface area contributed by atoms with Gasteiger partial charge in [-0.15, -0.1) is 0 Å². The average Bonchev–Trinajstić information content (AvgIpc) is 2.86. The monoisotopic (exact) mass is 301 g/mol. The highest BCUT2D eigenvalue weighted by molar-refractivity contribution is 5.74. The Kier molecular flexibility index (Phi) is 5.55. The molecule has 1 aliphatic heterocycles. The molecule has 1 fully saturated rings. The van der Waals surface area contributed by atoms with E-state index in [0.717, 1.165) is 0 Å². The van der Waals surface area contributed by atoms with Crippen molar-refractivity contribution in [2.24, 2.45) is 0 Å². The highest BCUT2D eigenvalue weighted by Crippen LogP contribution is 2.13. The molecule has 118 valence electrons. The van der Waals surface area contributed by atoms with Crippen molar-refractivity contribution in [1.82, 2.24) is 15.1 Å². The number of furan rings is 1. The number of rotatable bonds is 4. The third-order valence-electron chi connectivity index (χ3n) is 3.58. The van der Waals surface area contributed by atoms with E-state index in [0.29, 0.717) is 38.4 Å². The number of nitrogens with zero attached hydrogens (tertiary/aromatic N) is 2. The summed E-state index contributed by atoms with van der Waals surface area (Å²) in [6, 6.07) is 3.18. The van der Waals surface area contributed by atoms with E-state index in [1.54, 1.807) is 28.2 Å². The van der Waals surface area contributed by atoms with Crippen LogP contribution in [0.25, 0.3) is 0 Å². The zero-order valence-electron chi connectivity index (χ0n) is 12.1. The van der Waals surface area contributed by atoms with Crippen molar-refractivity contribution >= 4 is 6.03 Å². The van der Waals surface area contributed by atoms with Crippen molar-refractivity contribution in [3.05, 3.63) is 24.2 Å². The molecule has 1 N–H and O–H groups in total. The van der Waals surface area contributed by atoms with Gasteiger partial charge < -0.3 is 14.6 Å². The van der Waals surface area contributed by atoms with Gasteiger partial charge in [-0.2, -0.15) is 0 Å². The summed E-state index contributed by atoms with van der Waals surface area (Å²) in [6.07, 6.45) is -0.0640. The summed E-state index contributed by atoms with van der Waals surface area (Å²) in [7, 11) is 0. The van der Waals surface area contributed by atoms with Crippen LogP contribution in [0.3, 0.4) is 0 Å². The number of hydrogen-bond acceptors (Lipinski definition) is 3. The van der Waals surface area contributed by atoms with Crippen LogP contribution in [0.2, 0.25) is 0 Å². The zero-order chi connectivity index (χ0) is 15.2. The number of carbonyl (C=O) groups excluding carboxylic acids is 1. The third kappa shape index (κ3) is 4.70. The van der Waals surface area contributed by atoms with Gasteiger partial charge in [-0.1, -0.05) is 0 Å². The minimum atomic E-state index is -2.33. The predicted octanol–water partition coefficient (Wildman–Crippen LogP) is 2.32. The fraction of sp³-hybridized carbons (Fsp3) is 0.643. The lowest BCUT2D eigenvalue weighted by atomic mass is 10.2. The van der Waals surface area contributed by atoms with Crippen LogP contribution in [-0.2, 0) is 0 Å². The van der Waals surface area contributed by atoms with Crippen LogP contribution in [0.15, 0.2) is 22.8 Å². The number of urea groups is 1. The van der Waals surface area contributed by atoms with Crippen molar-refractivity contribution in [1.29, 1.82) is 0 Å². The largest absolute Gasteiger partial charge is 0.467 e. The lowest BCUT2D eigenvalue weighted by molar-refractivity contribution is 0.0903. The molecule has 1 atom stereocenters. The van der Waals surface area contributed by atoms with Gasteiger partial charge >= 0.3 is 6.03 Å². The molecule has 7 heteroatoms. The van der Waals surface area contributed by atoms with Gasteiger partial charge in [0.1, 0.15) is 5.76 Å². The molecule has 2 amide bonds. The summed E-state index contributed by atoms with van der Waals surface area (Å²) in [5, 5.41) is 2.86. The lowest BCUT2D eigenvalue weighted by Crippen LogP contribution is -2.43. The van der Waals surface area contributed by atoms with Gasteiger partial charge in [0.2, 0.25) is 0 Å². The fourth-order valence-corrected chi connectivity index (χ4v) is 2.44. The number of carbonyl (C=O) groups is 1. The summed E-state index contributed by atoms with van der Waals surface area (Å²) < 4.78 is 30.0. The van der Waals surface area contributed by atoms with Crippen molar-refractivity contribution in [2.75, 3.05) is 32.7 Å². The van der Waals surface area contributed by atoms with Crippen LogP contribution < -0.4 is 5.32 Å². The molecule has 0 radical (unpaired) electrons. The minimum Gasteiger partial charge on any atom is -0.467 e. The van der Waals surface area contributed by atoms with Crippen LogP contribution in [-0.4, -0.2) is 55.0 Å². The Morgan fingerprint density at radius 3 is 2.86 bits per heavy atom. The van der Waals surface area contributed by atoms with E-state index in [4.69, 9.17) is 4.42 Å². The summed E-state index contributed by atoms with van der Waals surface area (Å²) >= 11 is 0. The van der Waals surface area contributed by atoms with Gasteiger partial charge in [-0.25, -0.2) is 13.6 Å². The van der Waals surface area contributed by atoms with Crippen LogP contribution >= 0.6 is 0 Å². The molecule has 2 rings (SSSR count). The van der Waals surface area contributed by atoms with E-state index in [9.17, 15) is 13.6 Å². The Hall–Kier alpha value is -1.63. The second-order valence-electron chi connectivity index (χ2n) is 5.22. The SMILES string of the molecule is C[C@H](NC(=O)N1CCCN(CC(F)F)CC1)c1ccco1. The molecule has 2 heterocycles. The third-order valence-corrected chi connectivity index (χ3v) is 3.58. The zero-order valence-corrected chi connectivity index (χ0v) is 12.1. The molecule has 1 aromatic rings. The predicted molar refractivity (Wildman–Crippen MR) is 74.3 cm³/mol. The molecule has 0 unspecified atom stereocenters. The maximum atomic E-state index is 12.4. The van der Waals surface area contributed by atoms with Gasteiger partial charge in [0.25, 0.3) is 6.43 Å². The summed E-state index contributed by atoms with van der Waals surface area (Å²) in [4.78, 5) is 15.6. The van der Waals surface area contributed by atoms with Crippen molar-refractivity contribution in [3.8, 4) is 0 Å². The lowest BCUT2D eigenvalue weighted by Gasteiger charge is -2.23. The summed E-state index contributed by atoms with van der Waals surface area (Å²) in [5.74, 6) is 0.692. The van der Waals surface area contributed by atoms with Crippen molar-refractivity contribution in [2.45, 2.75) is 25.8 Å². The maximum absolute atomic E-state index is 12.4. The standard InChI is InChI=1S/C14H21F2N3O2/c1-11(12-4-2-9-21-12)17-14(20)19-6-3-5-18(7-8-19)10-13(15)16/h2,4,9,11,13H,3,5-8,10H2,1H3,(H,17,20)/t11-/m0/s1. The molecule has 0 aliphatic carbocycles. The smallest absolute Gasteiger partial charge is 0.318 e. The average molecular weight is 301 g/mol. The van der Waals surface area contributed by atoms with Crippen molar-refractivity contribution in [3.63, 3.8) is 0 Å². The number of halogens is 2. The van der Waals surface area contributed by atoms with Crippen LogP contribution in [0.4, 0.5) is 13.6 Å². The van der Waals surface area contributed by atoms with Gasteiger partial charge in [0.15, 0.2) is 0 Å². The van der Waals surface area contributed by atoms with E-state index in [2.05, 4.69) is 5.32 Å². The maximum Gasteiger partial charge on any atom is 0.318 e. The van der Waals surface area contributed by atoms with Crippen molar-refractivity contribution < 1.29 is 18.0 Å². The van der Waals surface area contributed by atoms with E-state index >= 15 is 0 Å². The number of nitrogens with one attached hydrogen (secondary N) is 1. The van der Waals surface area contributed by atoms with Gasteiger partial charge in [0, 0.05) is 26.2 Å². The van der Waals surface area contributed by atoms with E-state index in [1.165, 1.54) is 0 Å². The van der Waals surface area contributed by atoms with E-state index < -0.39 is 6.43 Å². The first-order valence-electron chi connectivity index (χ1n) is 7.15. The van der Waals surface area contributed by atoms with Crippen LogP contribution in [0.5, 0.6) is 0 Å². The molecule has 0 bridgehead atoms. The first-order valence-corrected chi connectivity index (χ1v) is 7.15. The van der Waals surface area contributed by atoms with Gasteiger partial charge in [0.05, 0.1) is 18.8 Å². The first kappa shape index (κ1) is 15.8. The highest BCUT2D eigenvalue weighted by Gasteiger charge is 2.22. The molecule has 0 aromatic carbocycles. The Bertz CT molecular complexity index is 439. The van der Waals surface area contributed by atoms with Gasteiger partial charge in [-0.05, 0) is 25.5 Å². The molecule has 5 nitrogen and oxygen atoms in total. The van der Waals surface area contributed by atoms with Gasteiger partial charge in [-0.3, -0.25) is 4.90 Å². The second kappa shape index (κ2) is 7.40. The Morgan fingerprint density at radius 1 is 1.38 bits per heavy atom. The van der Waals surface area contributed by atoms with Crippen LogP contribution in [0.1, 0.15) is 25.1 Å². The number of alkyl halides is 2. The number of amides is 2. The Morgan fingerprint density at radius 2 is 2.19 bits per heavy atom. The molecule has 1 aromatic heterocycles. The normalized spacial score (nSPS) is 18.6. The molecule has 0 saturated carbocycles. The Balaban J connectivity index is 1.83. The molecule has 1 aliphatic rings. The quantitative estimate of drug-likeness (QED) is 0.928. The summed E-state index contributed by atoms with van der Waals surface area (Å²) in [5.41, 5.74) is 0. The van der Waals surface area contributed by atoms with E-state index in [-0.39, 0.29) is 18.6 Å². The molecule has 1 saturated heterocycles. The fourth-order valence-electron chi connectivity index (χ4n) is 2.44. The minimum absolute atomic E-state index is 0.183. The van der Waals surface area contributed by atoms with E-state index in [1.807, 2.05) is 6.92 Å². The molecule has 0 spiro atoms. The Labute approximate surface area is 122 Å². The van der Waals surface area contributed by atoms with Crippen LogP contribution in [0, 0.1) is 0 Å². The topological polar surface area (TPSA) is 48.7 Å². The highest BCUT2D eigenvalue weighted by atomic mass is 19.3.